The first-order valence-corrected chi connectivity index (χ1v) is 7.98. The summed E-state index contributed by atoms with van der Waals surface area (Å²) < 4.78 is 11.0. The van der Waals surface area contributed by atoms with E-state index in [1.165, 1.54) is 17.0 Å². The van der Waals surface area contributed by atoms with Crippen molar-refractivity contribution in [1.82, 2.24) is 4.98 Å². The summed E-state index contributed by atoms with van der Waals surface area (Å²) in [6.07, 6.45) is 0. The Morgan fingerprint density at radius 1 is 1.32 bits per heavy atom. The highest BCUT2D eigenvalue weighted by Gasteiger charge is 2.17. The second-order valence-electron chi connectivity index (χ2n) is 5.65. The van der Waals surface area contributed by atoms with E-state index >= 15 is 0 Å². The van der Waals surface area contributed by atoms with Crippen LogP contribution in [0.3, 0.4) is 0 Å². The molecule has 1 aromatic carbocycles. The van der Waals surface area contributed by atoms with Gasteiger partial charge in [-0.25, -0.2) is 0 Å². The molecule has 1 aliphatic rings. The summed E-state index contributed by atoms with van der Waals surface area (Å²) in [5.74, 6) is 0.580. The number of non-ortho nitro benzene ring substituents is 1. The van der Waals surface area contributed by atoms with Gasteiger partial charge in [0.05, 0.1) is 31.2 Å². The molecule has 2 N–H and O–H groups in total. The number of nitro groups is 1. The van der Waals surface area contributed by atoms with Gasteiger partial charge >= 0.3 is 0 Å². The Balaban J connectivity index is 1.66. The SMILES string of the molecule is N#Cc1nc(-c2ccc([N+](=O)[O-])cc2)oc1NCC[NH+]1CCOCC1. The van der Waals surface area contributed by atoms with Crippen molar-refractivity contribution in [3.05, 3.63) is 40.1 Å². The van der Waals surface area contributed by atoms with Gasteiger partial charge in [-0.2, -0.15) is 10.2 Å². The predicted octanol–water partition coefficient (Wildman–Crippen LogP) is 0.448. The lowest BCUT2D eigenvalue weighted by Gasteiger charge is -2.23. The summed E-state index contributed by atoms with van der Waals surface area (Å²) in [5.41, 5.74) is 0.738. The molecule has 1 saturated heterocycles. The van der Waals surface area contributed by atoms with Crippen LogP contribution in [0.25, 0.3) is 11.5 Å². The van der Waals surface area contributed by atoms with Crippen LogP contribution in [0.15, 0.2) is 28.7 Å². The smallest absolute Gasteiger partial charge is 0.269 e. The molecule has 2 aromatic rings. The van der Waals surface area contributed by atoms with Crippen LogP contribution in [0.1, 0.15) is 5.69 Å². The molecule has 3 rings (SSSR count). The standard InChI is InChI=1S/C16H17N5O4/c17-11-14-16(18-5-6-20-7-9-24-10-8-20)25-15(19-14)12-1-3-13(4-2-12)21(22)23/h1-4,18H,5-10H2/p+1. The molecular formula is C16H18N5O4+. The molecule has 1 fully saturated rings. The number of oxazole rings is 1. The van der Waals surface area contributed by atoms with Crippen molar-refractivity contribution < 1.29 is 19.0 Å². The zero-order valence-electron chi connectivity index (χ0n) is 13.5. The summed E-state index contributed by atoms with van der Waals surface area (Å²) in [6, 6.07) is 7.85. The number of benzene rings is 1. The Kier molecular flexibility index (Phi) is 5.23. The Labute approximate surface area is 144 Å². The fourth-order valence-electron chi connectivity index (χ4n) is 2.63. The van der Waals surface area contributed by atoms with Gasteiger partial charge in [-0.05, 0) is 12.1 Å². The predicted molar refractivity (Wildman–Crippen MR) is 88.2 cm³/mol. The maximum Gasteiger partial charge on any atom is 0.269 e. The van der Waals surface area contributed by atoms with Crippen molar-refractivity contribution in [2.75, 3.05) is 44.7 Å². The number of hydrogen-bond acceptors (Lipinski definition) is 7. The zero-order valence-corrected chi connectivity index (χ0v) is 13.5. The Morgan fingerprint density at radius 3 is 2.68 bits per heavy atom. The molecule has 1 aromatic heterocycles. The minimum atomic E-state index is -0.471. The topological polar surface area (TPSA) is 119 Å². The first-order chi connectivity index (χ1) is 12.2. The highest BCUT2D eigenvalue weighted by atomic mass is 16.6. The fraction of sp³-hybridized carbons (Fsp3) is 0.375. The number of aromatic nitrogens is 1. The first-order valence-electron chi connectivity index (χ1n) is 7.98. The van der Waals surface area contributed by atoms with Gasteiger partial charge in [0.2, 0.25) is 17.5 Å². The summed E-state index contributed by atoms with van der Waals surface area (Å²) >= 11 is 0. The number of morpholine rings is 1. The molecule has 130 valence electrons. The van der Waals surface area contributed by atoms with E-state index in [0.717, 1.165) is 32.8 Å². The largest absolute Gasteiger partial charge is 0.419 e. The summed E-state index contributed by atoms with van der Waals surface area (Å²) in [7, 11) is 0. The van der Waals surface area contributed by atoms with Crippen LogP contribution in [0.4, 0.5) is 11.6 Å². The van der Waals surface area contributed by atoms with Crippen LogP contribution in [-0.4, -0.2) is 49.3 Å². The highest BCUT2D eigenvalue weighted by molar-refractivity contribution is 5.60. The lowest BCUT2D eigenvalue weighted by Crippen LogP contribution is -3.14. The van der Waals surface area contributed by atoms with Crippen molar-refractivity contribution in [2.24, 2.45) is 0 Å². The van der Waals surface area contributed by atoms with E-state index in [0.29, 0.717) is 18.0 Å². The summed E-state index contributed by atoms with van der Waals surface area (Å²) in [5, 5.41) is 23.0. The Bertz CT molecular complexity index is 775. The van der Waals surface area contributed by atoms with Crippen molar-refractivity contribution in [3.8, 4) is 17.5 Å². The Hall–Kier alpha value is -2.96. The zero-order chi connectivity index (χ0) is 17.6. The van der Waals surface area contributed by atoms with E-state index in [1.807, 2.05) is 6.07 Å². The molecule has 0 unspecified atom stereocenters. The van der Waals surface area contributed by atoms with Crippen LogP contribution in [0.5, 0.6) is 0 Å². The quantitative estimate of drug-likeness (QED) is 0.577. The number of quaternary nitrogens is 1. The van der Waals surface area contributed by atoms with Crippen LogP contribution in [0.2, 0.25) is 0 Å². The molecule has 0 bridgehead atoms. The molecule has 0 saturated carbocycles. The lowest BCUT2D eigenvalue weighted by atomic mass is 10.2. The number of ether oxygens (including phenoxy) is 1. The minimum Gasteiger partial charge on any atom is -0.419 e. The lowest BCUT2D eigenvalue weighted by molar-refractivity contribution is -0.906. The molecule has 1 aliphatic heterocycles. The van der Waals surface area contributed by atoms with E-state index in [2.05, 4.69) is 10.3 Å². The Morgan fingerprint density at radius 2 is 2.04 bits per heavy atom. The van der Waals surface area contributed by atoms with E-state index < -0.39 is 4.92 Å². The number of nitrogens with one attached hydrogen (secondary N) is 2. The van der Waals surface area contributed by atoms with Gasteiger partial charge < -0.3 is 19.4 Å². The van der Waals surface area contributed by atoms with Crippen molar-refractivity contribution >= 4 is 11.6 Å². The highest BCUT2D eigenvalue weighted by Crippen LogP contribution is 2.26. The van der Waals surface area contributed by atoms with Crippen molar-refractivity contribution in [2.45, 2.75) is 0 Å². The summed E-state index contributed by atoms with van der Waals surface area (Å²) in [4.78, 5) is 15.8. The maximum atomic E-state index is 10.7. The minimum absolute atomic E-state index is 0.0114. The summed E-state index contributed by atoms with van der Waals surface area (Å²) in [6.45, 7) is 5.02. The average Bonchev–Trinajstić information content (AvgIpc) is 3.06. The van der Waals surface area contributed by atoms with Gasteiger partial charge in [0.1, 0.15) is 19.2 Å². The average molecular weight is 344 g/mol. The van der Waals surface area contributed by atoms with Gasteiger partial charge in [0.25, 0.3) is 5.69 Å². The van der Waals surface area contributed by atoms with E-state index in [-0.39, 0.29) is 17.3 Å². The molecule has 9 nitrogen and oxygen atoms in total. The third kappa shape index (κ3) is 4.12. The second-order valence-corrected chi connectivity index (χ2v) is 5.65. The maximum absolute atomic E-state index is 10.7. The van der Waals surface area contributed by atoms with Gasteiger partial charge in [0.15, 0.2) is 0 Å². The molecule has 25 heavy (non-hydrogen) atoms. The fourth-order valence-corrected chi connectivity index (χ4v) is 2.63. The molecule has 0 aliphatic carbocycles. The molecule has 0 radical (unpaired) electrons. The number of nitro benzene ring substituents is 1. The second kappa shape index (κ2) is 7.74. The number of anilines is 1. The third-order valence-electron chi connectivity index (χ3n) is 4.02. The van der Waals surface area contributed by atoms with Crippen molar-refractivity contribution in [1.29, 1.82) is 5.26 Å². The number of nitriles is 1. The van der Waals surface area contributed by atoms with Crippen LogP contribution >= 0.6 is 0 Å². The van der Waals surface area contributed by atoms with Crippen LogP contribution in [0, 0.1) is 21.4 Å². The normalized spacial score (nSPS) is 14.8. The molecule has 0 atom stereocenters. The number of rotatable bonds is 6. The number of hydrogen-bond donors (Lipinski definition) is 2. The molecular weight excluding hydrogens is 326 g/mol. The van der Waals surface area contributed by atoms with Gasteiger partial charge in [-0.1, -0.05) is 0 Å². The van der Waals surface area contributed by atoms with E-state index in [9.17, 15) is 15.4 Å². The monoisotopic (exact) mass is 344 g/mol. The molecule has 0 amide bonds. The van der Waals surface area contributed by atoms with Crippen LogP contribution in [-0.2, 0) is 4.74 Å². The first kappa shape index (κ1) is 16.9. The molecule has 9 heteroatoms. The number of nitrogens with zero attached hydrogens (tertiary/aromatic N) is 3. The van der Waals surface area contributed by atoms with Crippen molar-refractivity contribution in [3.63, 3.8) is 0 Å². The molecule has 2 heterocycles. The van der Waals surface area contributed by atoms with Gasteiger partial charge in [-0.15, -0.1) is 0 Å². The van der Waals surface area contributed by atoms with Gasteiger partial charge in [-0.3, -0.25) is 10.1 Å². The van der Waals surface area contributed by atoms with E-state index in [1.54, 1.807) is 12.1 Å². The van der Waals surface area contributed by atoms with Gasteiger partial charge in [0, 0.05) is 17.7 Å². The molecule has 0 spiro atoms. The van der Waals surface area contributed by atoms with Crippen LogP contribution < -0.4 is 10.2 Å². The van der Waals surface area contributed by atoms with E-state index in [4.69, 9.17) is 9.15 Å². The third-order valence-corrected chi connectivity index (χ3v) is 4.02.